The average Bonchev–Trinajstić information content (AvgIpc) is 3.96. The van der Waals surface area contributed by atoms with Crippen LogP contribution >= 0.6 is 11.3 Å². The highest BCUT2D eigenvalue weighted by atomic mass is 32.1. The van der Waals surface area contributed by atoms with Crippen molar-refractivity contribution in [3.63, 3.8) is 0 Å². The predicted molar refractivity (Wildman–Crippen MR) is 238 cm³/mol. The van der Waals surface area contributed by atoms with Crippen LogP contribution in [0.15, 0.2) is 196 Å². The van der Waals surface area contributed by atoms with Crippen LogP contribution in [0.1, 0.15) is 22.9 Å². The molecule has 6 heteroatoms. The van der Waals surface area contributed by atoms with E-state index in [0.717, 1.165) is 61.6 Å². The summed E-state index contributed by atoms with van der Waals surface area (Å²) in [5.41, 5.74) is 10.6. The molecule has 0 radical (unpaired) electrons. The fourth-order valence-corrected chi connectivity index (χ4v) is 9.88. The average molecular weight is 749 g/mol. The van der Waals surface area contributed by atoms with Crippen LogP contribution in [0.5, 0.6) is 0 Å². The molecule has 0 aliphatic carbocycles. The highest BCUT2D eigenvalue weighted by Gasteiger charge is 2.24. The van der Waals surface area contributed by atoms with Gasteiger partial charge in [-0.1, -0.05) is 146 Å². The van der Waals surface area contributed by atoms with E-state index in [1.165, 1.54) is 47.5 Å². The minimum absolute atomic E-state index is 0.298. The van der Waals surface area contributed by atoms with Gasteiger partial charge in [-0.3, -0.25) is 0 Å². The molecule has 1 aliphatic heterocycles. The fourth-order valence-electron chi connectivity index (χ4n) is 8.60. The van der Waals surface area contributed by atoms with E-state index in [1.807, 2.05) is 47.7 Å². The minimum atomic E-state index is -0.298. The maximum atomic E-state index is 6.70. The van der Waals surface area contributed by atoms with Gasteiger partial charge >= 0.3 is 0 Å². The van der Waals surface area contributed by atoms with Crippen LogP contribution in [0, 0.1) is 0 Å². The minimum Gasteiger partial charge on any atom is -0.454 e. The van der Waals surface area contributed by atoms with Crippen molar-refractivity contribution in [3.8, 4) is 16.8 Å². The van der Waals surface area contributed by atoms with Crippen LogP contribution in [0.25, 0.3) is 80.7 Å². The zero-order valence-electron chi connectivity index (χ0n) is 30.6. The third-order valence-electron chi connectivity index (χ3n) is 11.3. The number of nitrogens with zero attached hydrogens (tertiary/aromatic N) is 3. The Morgan fingerprint density at radius 3 is 1.95 bits per heavy atom. The molecular weight excluding hydrogens is 717 g/mol. The molecule has 0 fully saturated rings. The number of benzene rings is 8. The zero-order valence-corrected chi connectivity index (χ0v) is 31.4. The SMILES string of the molecule is c1ccc(C2=NC(c3cccc4c3sc3cc(-c5ccc6oc7c(-n8c9ccccc9c9ccccc98)cccc7c6c5)ccc34)NC(c3ccccc3)=N2)cc1. The van der Waals surface area contributed by atoms with Crippen molar-refractivity contribution in [1.29, 1.82) is 0 Å². The van der Waals surface area contributed by atoms with Crippen LogP contribution in [-0.2, 0) is 0 Å². The van der Waals surface area contributed by atoms with Crippen LogP contribution < -0.4 is 5.32 Å². The topological polar surface area (TPSA) is 54.8 Å². The molecule has 12 rings (SSSR count). The maximum Gasteiger partial charge on any atom is 0.159 e. The van der Waals surface area contributed by atoms with E-state index < -0.39 is 0 Å². The quantitative estimate of drug-likeness (QED) is 0.191. The summed E-state index contributed by atoms with van der Waals surface area (Å²) in [5, 5.41) is 10.8. The first-order valence-corrected chi connectivity index (χ1v) is 20.0. The maximum absolute atomic E-state index is 6.70. The lowest BCUT2D eigenvalue weighted by molar-refractivity contribution is 0.666. The summed E-state index contributed by atoms with van der Waals surface area (Å²) in [6.07, 6.45) is -0.298. The number of amidine groups is 2. The molecule has 0 saturated heterocycles. The number of fused-ring (bicyclic) bond motifs is 9. The Hall–Kier alpha value is -7.28. The Balaban J connectivity index is 0.958. The van der Waals surface area contributed by atoms with Crippen molar-refractivity contribution in [1.82, 2.24) is 9.88 Å². The molecule has 0 spiro atoms. The molecule has 0 bridgehead atoms. The number of para-hydroxylation sites is 3. The van der Waals surface area contributed by atoms with Gasteiger partial charge in [-0.05, 0) is 47.5 Å². The second kappa shape index (κ2) is 12.6. The van der Waals surface area contributed by atoms with Gasteiger partial charge in [0.1, 0.15) is 17.6 Å². The highest BCUT2D eigenvalue weighted by molar-refractivity contribution is 7.26. The summed E-state index contributed by atoms with van der Waals surface area (Å²) >= 11 is 1.82. The number of thiophene rings is 1. The summed E-state index contributed by atoms with van der Waals surface area (Å²) in [6, 6.07) is 64.3. The molecule has 1 atom stereocenters. The smallest absolute Gasteiger partial charge is 0.159 e. The van der Waals surface area contributed by atoms with E-state index in [9.17, 15) is 0 Å². The molecule has 1 N–H and O–H groups in total. The molecule has 1 unspecified atom stereocenters. The largest absolute Gasteiger partial charge is 0.454 e. The molecule has 268 valence electrons. The van der Waals surface area contributed by atoms with E-state index in [0.29, 0.717) is 0 Å². The Morgan fingerprint density at radius 2 is 1.16 bits per heavy atom. The Bertz CT molecular complexity index is 3390. The lowest BCUT2D eigenvalue weighted by atomic mass is 10.0. The summed E-state index contributed by atoms with van der Waals surface area (Å²) < 4.78 is 11.5. The van der Waals surface area contributed by atoms with Gasteiger partial charge in [-0.25, -0.2) is 9.98 Å². The molecule has 1 aliphatic rings. The van der Waals surface area contributed by atoms with Gasteiger partial charge in [0.2, 0.25) is 0 Å². The molecule has 4 heterocycles. The van der Waals surface area contributed by atoms with Crippen molar-refractivity contribution >= 4 is 86.9 Å². The van der Waals surface area contributed by atoms with E-state index in [1.54, 1.807) is 0 Å². The summed E-state index contributed by atoms with van der Waals surface area (Å²) in [5.74, 6) is 1.54. The molecule has 3 aromatic heterocycles. The molecule has 0 amide bonds. The number of hydrogen-bond acceptors (Lipinski definition) is 5. The van der Waals surface area contributed by atoms with Gasteiger partial charge in [0.25, 0.3) is 0 Å². The van der Waals surface area contributed by atoms with Crippen molar-refractivity contribution in [2.24, 2.45) is 9.98 Å². The summed E-state index contributed by atoms with van der Waals surface area (Å²) in [4.78, 5) is 10.2. The Kier molecular flexibility index (Phi) is 7.09. The van der Waals surface area contributed by atoms with Crippen molar-refractivity contribution in [2.45, 2.75) is 6.17 Å². The van der Waals surface area contributed by atoms with Crippen molar-refractivity contribution < 1.29 is 4.42 Å². The predicted octanol–water partition coefficient (Wildman–Crippen LogP) is 13.2. The first kappa shape index (κ1) is 32.0. The molecule has 0 saturated carbocycles. The number of aromatic nitrogens is 1. The molecule has 8 aromatic carbocycles. The first-order valence-electron chi connectivity index (χ1n) is 19.2. The molecular formula is C51H32N4OS. The fraction of sp³-hybridized carbons (Fsp3) is 0.0196. The van der Waals surface area contributed by atoms with Gasteiger partial charge < -0.3 is 14.3 Å². The second-order valence-electron chi connectivity index (χ2n) is 14.6. The monoisotopic (exact) mass is 748 g/mol. The van der Waals surface area contributed by atoms with Gasteiger partial charge in [0, 0.05) is 58.4 Å². The van der Waals surface area contributed by atoms with Gasteiger partial charge in [0.05, 0.1) is 16.7 Å². The Labute approximate surface area is 331 Å². The number of aliphatic imine (C=N–C) groups is 2. The summed E-state index contributed by atoms with van der Waals surface area (Å²) in [6.45, 7) is 0. The third-order valence-corrected chi connectivity index (χ3v) is 12.5. The third kappa shape index (κ3) is 5.08. The van der Waals surface area contributed by atoms with Gasteiger partial charge in [-0.2, -0.15) is 0 Å². The molecule has 11 aromatic rings. The van der Waals surface area contributed by atoms with Crippen molar-refractivity contribution in [3.05, 3.63) is 199 Å². The van der Waals surface area contributed by atoms with Crippen LogP contribution in [0.4, 0.5) is 0 Å². The highest BCUT2D eigenvalue weighted by Crippen LogP contribution is 2.42. The standard InChI is InChI=1S/C51H32N4OS/c1-3-13-31(14-4-1)49-52-50(32-15-5-2-6-16-32)54-51(53-49)40-21-11-20-39-37-27-25-34(30-46(37)57-48(39)40)33-26-28-45-41(29-33)38-19-12-24-44(47(38)56-45)55-42-22-9-7-17-35(42)36-18-8-10-23-43(36)55/h1-30,51H,(H,52,53,54). The molecule has 5 nitrogen and oxygen atoms in total. The van der Waals surface area contributed by atoms with E-state index in [2.05, 4.69) is 155 Å². The van der Waals surface area contributed by atoms with E-state index in [-0.39, 0.29) is 6.17 Å². The second-order valence-corrected chi connectivity index (χ2v) is 15.6. The summed E-state index contributed by atoms with van der Waals surface area (Å²) in [7, 11) is 0. The molecule has 57 heavy (non-hydrogen) atoms. The normalized spacial score (nSPS) is 14.5. The first-order chi connectivity index (χ1) is 28.2. The number of rotatable bonds is 5. The van der Waals surface area contributed by atoms with Crippen LogP contribution in [0.3, 0.4) is 0 Å². The van der Waals surface area contributed by atoms with Gasteiger partial charge in [0.15, 0.2) is 11.4 Å². The number of nitrogens with one attached hydrogen (secondary N) is 1. The Morgan fingerprint density at radius 1 is 0.509 bits per heavy atom. The zero-order chi connectivity index (χ0) is 37.5. The van der Waals surface area contributed by atoms with Crippen LogP contribution in [0.2, 0.25) is 0 Å². The lowest BCUT2D eigenvalue weighted by Gasteiger charge is -2.24. The number of hydrogen-bond donors (Lipinski definition) is 1. The lowest BCUT2D eigenvalue weighted by Crippen LogP contribution is -2.33. The van der Waals surface area contributed by atoms with Crippen molar-refractivity contribution in [2.75, 3.05) is 0 Å². The number of furan rings is 1. The van der Waals surface area contributed by atoms with Gasteiger partial charge in [-0.15, -0.1) is 11.3 Å². The van der Waals surface area contributed by atoms with E-state index >= 15 is 0 Å². The van der Waals surface area contributed by atoms with E-state index in [4.69, 9.17) is 14.4 Å². The van der Waals surface area contributed by atoms with Crippen LogP contribution in [-0.4, -0.2) is 16.2 Å².